The second-order valence-corrected chi connectivity index (χ2v) is 26.4. The van der Waals surface area contributed by atoms with Crippen LogP contribution < -0.4 is 21.3 Å². The maximum Gasteiger partial charge on any atom is 0.251 e. The van der Waals surface area contributed by atoms with Crippen molar-refractivity contribution in [1.29, 1.82) is 0 Å². The van der Waals surface area contributed by atoms with Crippen LogP contribution >= 0.6 is 0 Å². The molecule has 13 rings (SSSR count). The number of ether oxygens (including phenoxy) is 8. The van der Waals surface area contributed by atoms with Gasteiger partial charge in [-0.25, -0.2) is 9.97 Å². The molecule has 578 valence electrons. The van der Waals surface area contributed by atoms with E-state index in [0.717, 1.165) is 92.8 Å². The maximum absolute atomic E-state index is 13.7. The quantitative estimate of drug-likeness (QED) is 0.0194. The number of carbonyl (C=O) groups excluding carboxylic acids is 4. The fraction of sp³-hybridized carbons (Fsp3) is 0.273. The normalized spacial score (nSPS) is 11.7. The number of carbonyl (C=O) groups is 4. The smallest absolute Gasteiger partial charge is 0.251 e. The lowest BCUT2D eigenvalue weighted by atomic mass is 10.0. The molecule has 4 amide bonds. The minimum absolute atomic E-state index is 0.249. The summed E-state index contributed by atoms with van der Waals surface area (Å²) in [6, 6.07) is 53.7. The average Bonchev–Trinajstić information content (AvgIpc) is 1.61. The van der Waals surface area contributed by atoms with E-state index in [4.69, 9.17) is 47.9 Å². The van der Waals surface area contributed by atoms with E-state index in [9.17, 15) is 19.2 Å². The van der Waals surface area contributed by atoms with Gasteiger partial charge in [-0.05, 0) is 168 Å². The lowest BCUT2D eigenvalue weighted by molar-refractivity contribution is 0.0454. The van der Waals surface area contributed by atoms with Crippen LogP contribution in [0.25, 0.3) is 90.9 Å². The van der Waals surface area contributed by atoms with E-state index in [0.29, 0.717) is 177 Å². The van der Waals surface area contributed by atoms with Crippen molar-refractivity contribution in [3.8, 4) is 44.5 Å². The number of nitrogens with zero attached hydrogens (tertiary/aromatic N) is 6. The van der Waals surface area contributed by atoms with Crippen molar-refractivity contribution in [2.24, 2.45) is 0 Å². The zero-order valence-corrected chi connectivity index (χ0v) is 62.6. The van der Waals surface area contributed by atoms with E-state index < -0.39 is 0 Å². The van der Waals surface area contributed by atoms with Crippen LogP contribution in [0.4, 0.5) is 0 Å². The Balaban J connectivity index is 0.802. The number of nitrogens with one attached hydrogen (secondary N) is 6. The molecule has 2 aliphatic heterocycles. The first-order valence-electron chi connectivity index (χ1n) is 38.0. The van der Waals surface area contributed by atoms with Gasteiger partial charge in [0.25, 0.3) is 23.6 Å². The Bertz CT molecular complexity index is 4410. The largest absolute Gasteiger partial charge is 0.377 e. The number of hydrogen-bond donors (Lipinski definition) is 6. The van der Waals surface area contributed by atoms with Gasteiger partial charge >= 0.3 is 0 Å². The standard InChI is InChI=1S/C88H94N12O12/c101-85(89-33-49-105-57-61-109-53-45-97-37-1-2-38-97)69-17-9-65(10-18-69)81-73-25-27-75(93-73)82(66-11-19-70(20-12-66)86(102)90-34-50-106-58-62-110-54-46-98-39-3-4-40-98)77-29-31-79(95-77)84(68-15-23-72(24-16-68)88(104)92-36-52-108-60-64-112-56-48-100-43-7-8-44-100)80-32-30-78(96-80)83(76-28-26-74(81)94-76)67-13-21-71(22-14-67)87(103)91-35-51-107-59-63-111-55-47-99-41-5-6-42-99/h1-32,37-44,93,96H,33-36,45-64H2,(H,89,101)(H,90,102)(H,91,103)(H,92,104). The van der Waals surface area contributed by atoms with Crippen LogP contribution in [0.2, 0.25) is 0 Å². The molecule has 4 aromatic carbocycles. The minimum Gasteiger partial charge on any atom is -0.377 e. The van der Waals surface area contributed by atoms with Gasteiger partial charge in [0.15, 0.2) is 0 Å². The fourth-order valence-corrected chi connectivity index (χ4v) is 13.0. The highest BCUT2D eigenvalue weighted by Gasteiger charge is 2.22. The van der Waals surface area contributed by atoms with Crippen molar-refractivity contribution in [3.63, 3.8) is 0 Å². The number of aromatic amines is 2. The van der Waals surface area contributed by atoms with Crippen LogP contribution in [0.5, 0.6) is 0 Å². The zero-order valence-electron chi connectivity index (χ0n) is 62.6. The summed E-state index contributed by atoms with van der Waals surface area (Å²) in [4.78, 5) is 73.5. The number of aromatic nitrogens is 8. The highest BCUT2D eigenvalue weighted by molar-refractivity contribution is 6.03. The minimum atomic E-state index is -0.249. The molecule has 0 unspecified atom stereocenters. The summed E-state index contributed by atoms with van der Waals surface area (Å²) < 4.78 is 54.3. The van der Waals surface area contributed by atoms with Crippen LogP contribution in [0, 0.1) is 0 Å². The topological polar surface area (TPSA) is 267 Å². The van der Waals surface area contributed by atoms with Crippen molar-refractivity contribution in [1.82, 2.24) is 59.5 Å². The lowest BCUT2D eigenvalue weighted by Gasteiger charge is -2.10. The summed E-state index contributed by atoms with van der Waals surface area (Å²) in [5.41, 5.74) is 13.3. The van der Waals surface area contributed by atoms with E-state index in [1.54, 1.807) is 48.5 Å². The Kier molecular flexibility index (Phi) is 28.8. The first-order valence-corrected chi connectivity index (χ1v) is 38.0. The third-order valence-electron chi connectivity index (χ3n) is 18.8. The van der Waals surface area contributed by atoms with E-state index in [-0.39, 0.29) is 23.6 Å². The summed E-state index contributed by atoms with van der Waals surface area (Å²) in [5.74, 6) is -0.996. The van der Waals surface area contributed by atoms with Gasteiger partial charge in [-0.2, -0.15) is 0 Å². The average molecular weight is 1510 g/mol. The summed E-state index contributed by atoms with van der Waals surface area (Å²) >= 11 is 0. The van der Waals surface area contributed by atoms with E-state index >= 15 is 0 Å². The summed E-state index contributed by atoms with van der Waals surface area (Å²) in [7, 11) is 0. The molecule has 7 aromatic heterocycles. The SMILES string of the molecule is O=C(NCCOCCOCCn1cccc1)c1ccc(-c2c3nc(c(-c4ccc(C(=O)NCCOCCOCCn5cccc5)cc4)c4ccc([nH]4)c(-c4ccc(C(=O)NCCOCCOCCn5cccc5)cc4)c4nc(c(-c5ccc(C(=O)NCCOCCOCCn6cccc6)cc5)c5ccc2[nH]5)C=C4)C=C3)cc1. The molecule has 0 saturated heterocycles. The zero-order chi connectivity index (χ0) is 76.7. The maximum atomic E-state index is 13.7. The Hall–Kier alpha value is -11.8. The Morgan fingerprint density at radius 3 is 0.661 bits per heavy atom. The first-order chi connectivity index (χ1) is 55.2. The molecule has 11 aromatic rings. The number of rotatable bonds is 44. The van der Waals surface area contributed by atoms with Crippen LogP contribution in [-0.4, -0.2) is 194 Å². The summed E-state index contributed by atoms with van der Waals surface area (Å²) in [6.07, 6.45) is 23.9. The molecule has 2 aliphatic rings. The molecule has 6 N–H and O–H groups in total. The monoisotopic (exact) mass is 1510 g/mol. The van der Waals surface area contributed by atoms with E-state index in [2.05, 4.69) is 49.5 Å². The van der Waals surface area contributed by atoms with Crippen LogP contribution in [-0.2, 0) is 64.1 Å². The number of H-pyrrole nitrogens is 2. The molecule has 24 heteroatoms. The molecular formula is C88H94N12O12. The highest BCUT2D eigenvalue weighted by atomic mass is 16.5. The van der Waals surface area contributed by atoms with Gasteiger partial charge in [-0.15, -0.1) is 0 Å². The molecule has 24 nitrogen and oxygen atoms in total. The molecule has 8 bridgehead atoms. The Morgan fingerprint density at radius 1 is 0.259 bits per heavy atom. The molecule has 0 aliphatic carbocycles. The van der Waals surface area contributed by atoms with Crippen LogP contribution in [0.3, 0.4) is 0 Å². The van der Waals surface area contributed by atoms with Gasteiger partial charge in [0.2, 0.25) is 0 Å². The molecule has 112 heavy (non-hydrogen) atoms. The molecule has 0 radical (unpaired) electrons. The van der Waals surface area contributed by atoms with Crippen molar-refractivity contribution < 1.29 is 57.1 Å². The Labute approximate surface area is 650 Å². The summed E-state index contributed by atoms with van der Waals surface area (Å²) in [6.45, 7) is 11.2. The van der Waals surface area contributed by atoms with Gasteiger partial charge in [0, 0.05) is 169 Å². The fourth-order valence-electron chi connectivity index (χ4n) is 13.0. The molecule has 0 atom stereocenters. The second-order valence-electron chi connectivity index (χ2n) is 26.4. The Morgan fingerprint density at radius 2 is 0.455 bits per heavy atom. The molecule has 0 saturated carbocycles. The van der Waals surface area contributed by atoms with Crippen molar-refractivity contribution in [2.45, 2.75) is 26.2 Å². The predicted molar refractivity (Wildman–Crippen MR) is 434 cm³/mol. The van der Waals surface area contributed by atoms with Crippen LogP contribution in [0.1, 0.15) is 64.2 Å². The van der Waals surface area contributed by atoms with Crippen LogP contribution in [0.15, 0.2) is 219 Å². The van der Waals surface area contributed by atoms with Gasteiger partial charge in [0.05, 0.1) is 128 Å². The third-order valence-corrected chi connectivity index (χ3v) is 18.8. The van der Waals surface area contributed by atoms with E-state index in [1.807, 2.05) is 195 Å². The highest BCUT2D eigenvalue weighted by Crippen LogP contribution is 2.39. The number of hydrogen-bond acceptors (Lipinski definition) is 14. The van der Waals surface area contributed by atoms with Gasteiger partial charge in [-0.1, -0.05) is 48.5 Å². The predicted octanol–water partition coefficient (Wildman–Crippen LogP) is 12.4. The van der Waals surface area contributed by atoms with Crippen molar-refractivity contribution in [2.75, 3.05) is 132 Å². The number of fused-ring (bicyclic) bond motifs is 8. The third kappa shape index (κ3) is 22.2. The second kappa shape index (κ2) is 41.3. The van der Waals surface area contributed by atoms with Gasteiger partial charge in [0.1, 0.15) is 0 Å². The van der Waals surface area contributed by atoms with Gasteiger partial charge in [-0.3, -0.25) is 19.2 Å². The molecule has 0 fully saturated rings. The molecule has 9 heterocycles. The first kappa shape index (κ1) is 78.3. The van der Waals surface area contributed by atoms with Crippen molar-refractivity contribution in [3.05, 3.63) is 264 Å². The summed E-state index contributed by atoms with van der Waals surface area (Å²) in [5, 5.41) is 12.0. The van der Waals surface area contributed by atoms with Crippen molar-refractivity contribution >= 4 is 70.0 Å². The number of benzene rings is 4. The molecule has 0 spiro atoms. The van der Waals surface area contributed by atoms with Gasteiger partial charge < -0.3 is 87.4 Å². The lowest BCUT2D eigenvalue weighted by Crippen LogP contribution is -2.27. The number of amides is 4. The molecular weight excluding hydrogens is 1420 g/mol. The van der Waals surface area contributed by atoms with E-state index in [1.165, 1.54) is 0 Å².